The van der Waals surface area contributed by atoms with Crippen molar-refractivity contribution in [2.24, 2.45) is 0 Å². The Hall–Kier alpha value is -0.820. The van der Waals surface area contributed by atoms with Gasteiger partial charge in [-0.05, 0) is 42.4 Å². The molecule has 0 fully saturated rings. The maximum Gasteiger partial charge on any atom is 0.0655 e. The minimum atomic E-state index is 0.437. The van der Waals surface area contributed by atoms with E-state index in [4.69, 9.17) is 4.74 Å². The van der Waals surface area contributed by atoms with Crippen LogP contribution >= 0.6 is 0 Å². The second-order valence-electron chi connectivity index (χ2n) is 4.36. The molecular weight excluding hydrogens is 184 g/mol. The molecular formula is C14H20O. The van der Waals surface area contributed by atoms with Crippen LogP contribution in [0.3, 0.4) is 0 Å². The third kappa shape index (κ3) is 2.40. The van der Waals surface area contributed by atoms with Gasteiger partial charge in [0, 0.05) is 6.61 Å². The van der Waals surface area contributed by atoms with Crippen LogP contribution in [0.2, 0.25) is 0 Å². The van der Waals surface area contributed by atoms with Crippen molar-refractivity contribution in [2.75, 3.05) is 6.61 Å². The second kappa shape index (κ2) is 4.80. The number of rotatable bonds is 4. The van der Waals surface area contributed by atoms with E-state index in [-0.39, 0.29) is 0 Å². The molecule has 0 amide bonds. The Bertz CT molecular complexity index is 330. The number of hydrogen-bond donors (Lipinski definition) is 0. The van der Waals surface area contributed by atoms with Gasteiger partial charge in [-0.15, -0.1) is 0 Å². The fraction of sp³-hybridized carbons (Fsp3) is 0.571. The Morgan fingerprint density at radius 3 is 2.73 bits per heavy atom. The minimum absolute atomic E-state index is 0.437. The standard InChI is InChI=1S/C14H20O/c1-3-7-15-14-9-12-6-5-11(4-2)8-13(12)10-14/h5-6,8,14H,3-4,7,9-10H2,1-2H3. The van der Waals surface area contributed by atoms with Crippen molar-refractivity contribution in [1.82, 2.24) is 0 Å². The summed E-state index contributed by atoms with van der Waals surface area (Å²) in [5.41, 5.74) is 4.45. The van der Waals surface area contributed by atoms with E-state index in [0.717, 1.165) is 32.3 Å². The monoisotopic (exact) mass is 204 g/mol. The smallest absolute Gasteiger partial charge is 0.0655 e. The van der Waals surface area contributed by atoms with Gasteiger partial charge in [0.15, 0.2) is 0 Å². The molecule has 0 heterocycles. The molecule has 0 spiro atoms. The van der Waals surface area contributed by atoms with Crippen LogP contribution in [0.5, 0.6) is 0 Å². The molecule has 0 saturated carbocycles. The molecule has 1 aliphatic carbocycles. The number of hydrogen-bond acceptors (Lipinski definition) is 1. The second-order valence-corrected chi connectivity index (χ2v) is 4.36. The highest BCUT2D eigenvalue weighted by Gasteiger charge is 2.21. The van der Waals surface area contributed by atoms with Gasteiger partial charge in [0.1, 0.15) is 0 Å². The van der Waals surface area contributed by atoms with E-state index in [9.17, 15) is 0 Å². The van der Waals surface area contributed by atoms with Crippen LogP contribution in [0.4, 0.5) is 0 Å². The zero-order chi connectivity index (χ0) is 10.7. The Morgan fingerprint density at radius 2 is 2.00 bits per heavy atom. The highest BCUT2D eigenvalue weighted by molar-refractivity contribution is 5.36. The molecule has 1 nitrogen and oxygen atoms in total. The summed E-state index contributed by atoms with van der Waals surface area (Å²) < 4.78 is 5.81. The number of ether oxygens (including phenoxy) is 1. The van der Waals surface area contributed by atoms with E-state index in [1.807, 2.05) is 0 Å². The third-order valence-corrected chi connectivity index (χ3v) is 3.13. The summed E-state index contributed by atoms with van der Waals surface area (Å²) in [7, 11) is 0. The van der Waals surface area contributed by atoms with Crippen molar-refractivity contribution < 1.29 is 4.74 Å². The van der Waals surface area contributed by atoms with E-state index in [1.54, 1.807) is 0 Å². The van der Waals surface area contributed by atoms with Gasteiger partial charge in [-0.25, -0.2) is 0 Å². The summed E-state index contributed by atoms with van der Waals surface area (Å²) in [6.45, 7) is 5.28. The summed E-state index contributed by atoms with van der Waals surface area (Å²) in [5.74, 6) is 0. The zero-order valence-electron chi connectivity index (χ0n) is 9.75. The molecule has 0 aliphatic heterocycles. The Balaban J connectivity index is 2.03. The molecule has 1 atom stereocenters. The summed E-state index contributed by atoms with van der Waals surface area (Å²) in [4.78, 5) is 0. The molecule has 0 radical (unpaired) electrons. The molecule has 82 valence electrons. The van der Waals surface area contributed by atoms with Crippen molar-refractivity contribution >= 4 is 0 Å². The first-order chi connectivity index (χ1) is 7.33. The lowest BCUT2D eigenvalue weighted by Crippen LogP contribution is -2.12. The predicted molar refractivity (Wildman–Crippen MR) is 63.3 cm³/mol. The summed E-state index contributed by atoms with van der Waals surface area (Å²) in [5, 5.41) is 0. The average Bonchev–Trinajstić information content (AvgIpc) is 2.67. The van der Waals surface area contributed by atoms with Crippen LogP contribution in [-0.4, -0.2) is 12.7 Å². The molecule has 2 rings (SSSR count). The predicted octanol–water partition coefficient (Wildman–Crippen LogP) is 3.14. The molecule has 15 heavy (non-hydrogen) atoms. The quantitative estimate of drug-likeness (QED) is 0.732. The average molecular weight is 204 g/mol. The van der Waals surface area contributed by atoms with Gasteiger partial charge in [-0.2, -0.15) is 0 Å². The molecule has 1 aromatic rings. The molecule has 1 unspecified atom stereocenters. The SMILES string of the molecule is CCCOC1Cc2ccc(CC)cc2C1. The zero-order valence-corrected chi connectivity index (χ0v) is 9.75. The van der Waals surface area contributed by atoms with Gasteiger partial charge < -0.3 is 4.74 Å². The van der Waals surface area contributed by atoms with Crippen molar-refractivity contribution in [3.63, 3.8) is 0 Å². The van der Waals surface area contributed by atoms with E-state index in [1.165, 1.54) is 16.7 Å². The van der Waals surface area contributed by atoms with Gasteiger partial charge in [0.05, 0.1) is 6.10 Å². The van der Waals surface area contributed by atoms with E-state index < -0.39 is 0 Å². The van der Waals surface area contributed by atoms with Gasteiger partial charge in [-0.3, -0.25) is 0 Å². The van der Waals surface area contributed by atoms with E-state index in [0.29, 0.717) is 6.10 Å². The Morgan fingerprint density at radius 1 is 1.20 bits per heavy atom. The highest BCUT2D eigenvalue weighted by atomic mass is 16.5. The lowest BCUT2D eigenvalue weighted by molar-refractivity contribution is 0.0612. The van der Waals surface area contributed by atoms with Gasteiger partial charge >= 0.3 is 0 Å². The van der Waals surface area contributed by atoms with Gasteiger partial charge in [-0.1, -0.05) is 32.0 Å². The molecule has 1 heteroatoms. The van der Waals surface area contributed by atoms with Crippen LogP contribution in [0.15, 0.2) is 18.2 Å². The first-order valence-corrected chi connectivity index (χ1v) is 6.05. The van der Waals surface area contributed by atoms with Crippen LogP contribution < -0.4 is 0 Å². The molecule has 0 bridgehead atoms. The van der Waals surface area contributed by atoms with Crippen molar-refractivity contribution in [3.8, 4) is 0 Å². The Labute approximate surface area is 92.5 Å². The fourth-order valence-electron chi connectivity index (χ4n) is 2.25. The van der Waals surface area contributed by atoms with Crippen molar-refractivity contribution in [1.29, 1.82) is 0 Å². The third-order valence-electron chi connectivity index (χ3n) is 3.13. The molecule has 0 N–H and O–H groups in total. The molecule has 0 saturated heterocycles. The summed E-state index contributed by atoms with van der Waals surface area (Å²) >= 11 is 0. The number of benzene rings is 1. The van der Waals surface area contributed by atoms with Crippen LogP contribution in [0.25, 0.3) is 0 Å². The molecule has 1 aromatic carbocycles. The maximum absolute atomic E-state index is 5.81. The van der Waals surface area contributed by atoms with Gasteiger partial charge in [0.25, 0.3) is 0 Å². The van der Waals surface area contributed by atoms with Gasteiger partial charge in [0.2, 0.25) is 0 Å². The maximum atomic E-state index is 5.81. The fourth-order valence-corrected chi connectivity index (χ4v) is 2.25. The van der Waals surface area contributed by atoms with Crippen LogP contribution in [0, 0.1) is 0 Å². The van der Waals surface area contributed by atoms with E-state index >= 15 is 0 Å². The Kier molecular flexibility index (Phi) is 3.42. The van der Waals surface area contributed by atoms with Crippen molar-refractivity contribution in [2.45, 2.75) is 45.6 Å². The highest BCUT2D eigenvalue weighted by Crippen LogP contribution is 2.25. The first-order valence-electron chi connectivity index (χ1n) is 6.05. The van der Waals surface area contributed by atoms with Crippen LogP contribution in [0.1, 0.15) is 37.0 Å². The van der Waals surface area contributed by atoms with Crippen molar-refractivity contribution in [3.05, 3.63) is 34.9 Å². The number of fused-ring (bicyclic) bond motifs is 1. The largest absolute Gasteiger partial charge is 0.378 e. The lowest BCUT2D eigenvalue weighted by atomic mass is 10.1. The molecule has 0 aromatic heterocycles. The summed E-state index contributed by atoms with van der Waals surface area (Å²) in [6.07, 6.45) is 4.91. The molecule has 1 aliphatic rings. The van der Waals surface area contributed by atoms with E-state index in [2.05, 4.69) is 32.0 Å². The normalized spacial score (nSPS) is 19.2. The topological polar surface area (TPSA) is 9.23 Å². The summed E-state index contributed by atoms with van der Waals surface area (Å²) in [6, 6.07) is 6.88. The lowest BCUT2D eigenvalue weighted by Gasteiger charge is -2.09. The number of aryl methyl sites for hydroxylation is 1. The van der Waals surface area contributed by atoms with Crippen LogP contribution in [-0.2, 0) is 24.0 Å². The minimum Gasteiger partial charge on any atom is -0.378 e. The first kappa shape index (κ1) is 10.7.